The summed E-state index contributed by atoms with van der Waals surface area (Å²) < 4.78 is 5.55. The molecule has 1 aliphatic rings. The van der Waals surface area contributed by atoms with E-state index in [-0.39, 0.29) is 11.8 Å². The van der Waals surface area contributed by atoms with Crippen molar-refractivity contribution in [2.24, 2.45) is 5.73 Å². The van der Waals surface area contributed by atoms with Crippen molar-refractivity contribution in [2.75, 3.05) is 0 Å². The van der Waals surface area contributed by atoms with Crippen LogP contribution in [0.5, 0.6) is 5.88 Å². The summed E-state index contributed by atoms with van der Waals surface area (Å²) >= 11 is 1.57. The van der Waals surface area contributed by atoms with Gasteiger partial charge in [0.05, 0.1) is 17.2 Å². The number of pyridine rings is 1. The van der Waals surface area contributed by atoms with Gasteiger partial charge in [0, 0.05) is 18.0 Å². The molecule has 23 heavy (non-hydrogen) atoms. The van der Waals surface area contributed by atoms with Crippen molar-refractivity contribution in [3.05, 3.63) is 63.9 Å². The summed E-state index contributed by atoms with van der Waals surface area (Å²) in [6, 6.07) is 7.93. The summed E-state index contributed by atoms with van der Waals surface area (Å²) in [6.07, 6.45) is 3.42. The number of hydrogen-bond acceptors (Lipinski definition) is 6. The average Bonchev–Trinajstić information content (AvgIpc) is 3.24. The van der Waals surface area contributed by atoms with E-state index >= 15 is 0 Å². The number of nitrogens with one attached hydrogen (secondary N) is 1. The van der Waals surface area contributed by atoms with Crippen LogP contribution in [0.15, 0.2) is 52.8 Å². The molecule has 0 amide bonds. The first kappa shape index (κ1) is 13.5. The zero-order chi connectivity index (χ0) is 15.8. The smallest absolute Gasteiger partial charge is 0.244 e. The maximum absolute atomic E-state index is 9.55. The molecule has 0 aromatic carbocycles. The van der Waals surface area contributed by atoms with Crippen LogP contribution in [-0.4, -0.2) is 15.2 Å². The van der Waals surface area contributed by atoms with Gasteiger partial charge in [0.25, 0.3) is 0 Å². The number of aromatic nitrogens is 3. The van der Waals surface area contributed by atoms with E-state index in [0.717, 1.165) is 22.4 Å². The van der Waals surface area contributed by atoms with E-state index in [0.29, 0.717) is 11.5 Å². The summed E-state index contributed by atoms with van der Waals surface area (Å²) in [4.78, 5) is 4.03. The minimum absolute atomic E-state index is 0.101. The van der Waals surface area contributed by atoms with Crippen LogP contribution in [0.2, 0.25) is 0 Å². The molecule has 0 saturated heterocycles. The number of H-pyrrole nitrogens is 1. The molecular formula is C16H11N5OS. The Morgan fingerprint density at radius 2 is 2.13 bits per heavy atom. The first-order valence-corrected chi connectivity index (χ1v) is 7.82. The Bertz CT molecular complexity index is 921. The summed E-state index contributed by atoms with van der Waals surface area (Å²) in [5.74, 6) is 0.213. The number of hydrogen-bond donors (Lipinski definition) is 2. The highest BCUT2D eigenvalue weighted by Crippen LogP contribution is 2.45. The first-order valence-electron chi connectivity index (χ1n) is 6.88. The van der Waals surface area contributed by atoms with Gasteiger partial charge >= 0.3 is 0 Å². The highest BCUT2D eigenvalue weighted by atomic mass is 32.1. The van der Waals surface area contributed by atoms with Gasteiger partial charge in [-0.25, -0.2) is 0 Å². The fraction of sp³-hybridized carbons (Fsp3) is 0.0625. The van der Waals surface area contributed by atoms with Gasteiger partial charge in [0.15, 0.2) is 0 Å². The highest BCUT2D eigenvalue weighted by Gasteiger charge is 2.35. The second kappa shape index (κ2) is 5.26. The third-order valence-corrected chi connectivity index (χ3v) is 4.49. The predicted octanol–water partition coefficient (Wildman–Crippen LogP) is 2.75. The molecule has 0 aliphatic carbocycles. The van der Waals surface area contributed by atoms with Gasteiger partial charge in [-0.1, -0.05) is 0 Å². The quantitative estimate of drug-likeness (QED) is 0.756. The molecule has 7 heteroatoms. The largest absolute Gasteiger partial charge is 0.420 e. The molecule has 0 fully saturated rings. The summed E-state index contributed by atoms with van der Waals surface area (Å²) in [7, 11) is 0. The fourth-order valence-electron chi connectivity index (χ4n) is 2.76. The Morgan fingerprint density at radius 3 is 2.83 bits per heavy atom. The molecule has 6 nitrogen and oxygen atoms in total. The maximum Gasteiger partial charge on any atom is 0.244 e. The van der Waals surface area contributed by atoms with Crippen molar-refractivity contribution in [2.45, 2.75) is 5.92 Å². The maximum atomic E-state index is 9.55. The number of aromatic amines is 1. The lowest BCUT2D eigenvalue weighted by Crippen LogP contribution is -2.20. The second-order valence-corrected chi connectivity index (χ2v) is 5.81. The van der Waals surface area contributed by atoms with Crippen molar-refractivity contribution in [3.8, 4) is 23.2 Å². The Hall–Kier alpha value is -3.11. The number of ether oxygens (including phenoxy) is 1. The Morgan fingerprint density at radius 1 is 1.30 bits per heavy atom. The number of nitrogens with two attached hydrogens (primary N) is 1. The molecule has 4 heterocycles. The van der Waals surface area contributed by atoms with Gasteiger partial charge in [0.2, 0.25) is 11.8 Å². The Kier molecular flexibility index (Phi) is 3.10. The molecule has 1 atom stereocenters. The van der Waals surface area contributed by atoms with Gasteiger partial charge in [-0.3, -0.25) is 10.1 Å². The molecule has 3 N–H and O–H groups in total. The van der Waals surface area contributed by atoms with E-state index in [1.54, 1.807) is 23.7 Å². The molecule has 112 valence electrons. The lowest BCUT2D eigenvalue weighted by atomic mass is 9.84. The van der Waals surface area contributed by atoms with Gasteiger partial charge in [0.1, 0.15) is 11.6 Å². The normalized spacial score (nSPS) is 16.6. The van der Waals surface area contributed by atoms with Crippen molar-refractivity contribution in [3.63, 3.8) is 0 Å². The summed E-state index contributed by atoms with van der Waals surface area (Å²) in [5.41, 5.74) is 9.87. The van der Waals surface area contributed by atoms with E-state index < -0.39 is 0 Å². The number of rotatable bonds is 2. The molecular weight excluding hydrogens is 310 g/mol. The van der Waals surface area contributed by atoms with E-state index in [1.807, 2.05) is 29.0 Å². The number of allylic oxidation sites excluding steroid dienone is 1. The molecule has 3 aromatic rings. The Labute approximate surface area is 135 Å². The fourth-order valence-corrected chi connectivity index (χ4v) is 3.44. The van der Waals surface area contributed by atoms with Gasteiger partial charge < -0.3 is 10.5 Å². The lowest BCUT2D eigenvalue weighted by molar-refractivity contribution is 0.379. The van der Waals surface area contributed by atoms with Crippen LogP contribution in [0.1, 0.15) is 17.0 Å². The van der Waals surface area contributed by atoms with Crippen LogP contribution < -0.4 is 10.5 Å². The van der Waals surface area contributed by atoms with Crippen LogP contribution in [0.4, 0.5) is 0 Å². The standard InChI is InChI=1S/C16H11N5OS/c17-7-11-12(10-3-6-23-8-10)13-14(9-1-4-19-5-2-9)20-21-16(13)22-15(11)18/h1-6,8,12H,18H2,(H,20,21). The summed E-state index contributed by atoms with van der Waals surface area (Å²) in [5, 5.41) is 20.8. The van der Waals surface area contributed by atoms with Crippen LogP contribution >= 0.6 is 11.3 Å². The van der Waals surface area contributed by atoms with Gasteiger partial charge in [-0.2, -0.15) is 16.6 Å². The van der Waals surface area contributed by atoms with E-state index in [2.05, 4.69) is 21.3 Å². The van der Waals surface area contributed by atoms with Crippen LogP contribution in [-0.2, 0) is 0 Å². The van der Waals surface area contributed by atoms with Crippen molar-refractivity contribution >= 4 is 11.3 Å². The second-order valence-electron chi connectivity index (χ2n) is 5.03. The molecule has 3 aromatic heterocycles. The minimum Gasteiger partial charge on any atom is -0.420 e. The first-order chi connectivity index (χ1) is 11.3. The van der Waals surface area contributed by atoms with E-state index in [9.17, 15) is 5.26 Å². The summed E-state index contributed by atoms with van der Waals surface area (Å²) in [6.45, 7) is 0. The third-order valence-electron chi connectivity index (χ3n) is 3.78. The SMILES string of the molecule is N#CC1=C(N)Oc2n[nH]c(-c3ccncc3)c2C1c1ccsc1. The average molecular weight is 321 g/mol. The molecule has 0 spiro atoms. The molecule has 0 radical (unpaired) electrons. The van der Waals surface area contributed by atoms with Crippen LogP contribution in [0, 0.1) is 11.3 Å². The zero-order valence-electron chi connectivity index (χ0n) is 11.9. The van der Waals surface area contributed by atoms with E-state index in [4.69, 9.17) is 10.5 Å². The highest BCUT2D eigenvalue weighted by molar-refractivity contribution is 7.08. The van der Waals surface area contributed by atoms with Crippen molar-refractivity contribution in [1.82, 2.24) is 15.2 Å². The Balaban J connectivity index is 1.96. The molecule has 0 bridgehead atoms. The number of thiophene rings is 1. The van der Waals surface area contributed by atoms with Crippen molar-refractivity contribution < 1.29 is 4.74 Å². The van der Waals surface area contributed by atoms with E-state index in [1.165, 1.54) is 0 Å². The monoisotopic (exact) mass is 321 g/mol. The van der Waals surface area contributed by atoms with Crippen LogP contribution in [0.3, 0.4) is 0 Å². The molecule has 1 unspecified atom stereocenters. The zero-order valence-corrected chi connectivity index (χ0v) is 12.7. The molecule has 4 rings (SSSR count). The number of nitrogens with zero attached hydrogens (tertiary/aromatic N) is 3. The molecule has 0 saturated carbocycles. The van der Waals surface area contributed by atoms with Gasteiger partial charge in [-0.15, -0.1) is 5.10 Å². The van der Waals surface area contributed by atoms with Gasteiger partial charge in [-0.05, 0) is 34.5 Å². The number of fused-ring (bicyclic) bond motifs is 1. The topological polar surface area (TPSA) is 101 Å². The lowest BCUT2D eigenvalue weighted by Gasteiger charge is -2.23. The third kappa shape index (κ3) is 2.08. The minimum atomic E-state index is -0.295. The predicted molar refractivity (Wildman–Crippen MR) is 85.4 cm³/mol. The van der Waals surface area contributed by atoms with Crippen molar-refractivity contribution in [1.29, 1.82) is 5.26 Å². The number of nitriles is 1. The molecule has 1 aliphatic heterocycles. The van der Waals surface area contributed by atoms with Crippen LogP contribution in [0.25, 0.3) is 11.3 Å².